The molecule has 0 aliphatic carbocycles. The molecule has 0 bridgehead atoms. The fraction of sp³-hybridized carbons (Fsp3) is 0.538. The fourth-order valence-corrected chi connectivity index (χ4v) is 2.60. The molecule has 1 amide bonds. The van der Waals surface area contributed by atoms with Crippen LogP contribution in [-0.2, 0) is 10.2 Å². The highest BCUT2D eigenvalue weighted by molar-refractivity contribution is 5.95. The maximum atomic E-state index is 11.8. The summed E-state index contributed by atoms with van der Waals surface area (Å²) < 4.78 is 0. The molecule has 1 aliphatic heterocycles. The highest BCUT2D eigenvalue weighted by Gasteiger charge is 2.38. The lowest BCUT2D eigenvalue weighted by molar-refractivity contribution is -0.118. The van der Waals surface area contributed by atoms with E-state index in [1.165, 1.54) is 5.56 Å². The summed E-state index contributed by atoms with van der Waals surface area (Å²) in [4.78, 5) is 16.0. The minimum Gasteiger partial charge on any atom is -0.326 e. The van der Waals surface area contributed by atoms with E-state index in [0.717, 1.165) is 25.1 Å². The van der Waals surface area contributed by atoms with Gasteiger partial charge in [0.2, 0.25) is 5.91 Å². The number of fused-ring (bicyclic) bond motifs is 1. The molecule has 1 aromatic rings. The average molecular weight is 233 g/mol. The van der Waals surface area contributed by atoms with Gasteiger partial charge in [-0.1, -0.05) is 6.92 Å². The zero-order chi connectivity index (χ0) is 12.3. The lowest BCUT2D eigenvalue weighted by Gasteiger charge is -2.37. The van der Waals surface area contributed by atoms with Gasteiger partial charge in [-0.3, -0.25) is 9.78 Å². The third-order valence-electron chi connectivity index (χ3n) is 3.70. The summed E-state index contributed by atoms with van der Waals surface area (Å²) in [5.41, 5.74) is 2.04. The minimum absolute atomic E-state index is 0.0606. The van der Waals surface area contributed by atoms with E-state index in [1.807, 2.05) is 19.3 Å². The first-order valence-electron chi connectivity index (χ1n) is 6.11. The summed E-state index contributed by atoms with van der Waals surface area (Å²) in [5.74, 6) is 0.113. The topological polar surface area (TPSA) is 54.0 Å². The molecule has 2 N–H and O–H groups in total. The highest BCUT2D eigenvalue weighted by Crippen LogP contribution is 2.41. The van der Waals surface area contributed by atoms with E-state index in [1.54, 1.807) is 6.20 Å². The molecular formula is C13H19N3O. The molecule has 0 spiro atoms. The third kappa shape index (κ3) is 2.17. The average Bonchev–Trinajstić information content (AvgIpc) is 2.35. The molecular weight excluding hydrogens is 214 g/mol. The molecule has 1 aliphatic rings. The predicted molar refractivity (Wildman–Crippen MR) is 68.0 cm³/mol. The Morgan fingerprint density at radius 3 is 3.12 bits per heavy atom. The Bertz CT molecular complexity index is 419. The number of amides is 1. The van der Waals surface area contributed by atoms with Crippen molar-refractivity contribution in [2.75, 3.05) is 18.9 Å². The summed E-state index contributed by atoms with van der Waals surface area (Å²) in [6.45, 7) is 3.06. The van der Waals surface area contributed by atoms with Crippen LogP contribution < -0.4 is 10.6 Å². The van der Waals surface area contributed by atoms with Gasteiger partial charge in [0.1, 0.15) is 0 Å². The Kier molecular flexibility index (Phi) is 3.43. The van der Waals surface area contributed by atoms with Crippen LogP contribution in [0.1, 0.15) is 31.7 Å². The number of anilines is 1. The van der Waals surface area contributed by atoms with Gasteiger partial charge in [-0.25, -0.2) is 0 Å². The molecule has 0 saturated carbocycles. The number of hydrogen-bond acceptors (Lipinski definition) is 3. The van der Waals surface area contributed by atoms with Gasteiger partial charge in [-0.05, 0) is 32.5 Å². The first-order valence-corrected chi connectivity index (χ1v) is 6.11. The summed E-state index contributed by atoms with van der Waals surface area (Å²) in [6, 6.07) is 1.89. The lowest BCUT2D eigenvalue weighted by Crippen LogP contribution is -2.39. The molecule has 1 unspecified atom stereocenters. The molecule has 0 saturated heterocycles. The molecule has 0 aromatic carbocycles. The molecule has 2 rings (SSSR count). The molecule has 0 fully saturated rings. The van der Waals surface area contributed by atoms with Crippen molar-refractivity contribution >= 4 is 11.6 Å². The van der Waals surface area contributed by atoms with Gasteiger partial charge >= 0.3 is 0 Å². The SMILES string of the molecule is CCC1(CCNC)CC(=O)Nc2ccncc21. The predicted octanol–water partition coefficient (Wildman–Crippen LogP) is 1.68. The van der Waals surface area contributed by atoms with Crippen LogP contribution in [0.4, 0.5) is 5.69 Å². The second-order valence-electron chi connectivity index (χ2n) is 4.63. The van der Waals surface area contributed by atoms with Crippen molar-refractivity contribution in [2.45, 2.75) is 31.6 Å². The molecule has 1 atom stereocenters. The smallest absolute Gasteiger partial charge is 0.225 e. The fourth-order valence-electron chi connectivity index (χ4n) is 2.60. The molecule has 4 nitrogen and oxygen atoms in total. The van der Waals surface area contributed by atoms with Crippen molar-refractivity contribution in [1.29, 1.82) is 0 Å². The van der Waals surface area contributed by atoms with Crippen LogP contribution in [-0.4, -0.2) is 24.5 Å². The van der Waals surface area contributed by atoms with Gasteiger partial charge in [-0.15, -0.1) is 0 Å². The molecule has 4 heteroatoms. The number of rotatable bonds is 4. The van der Waals surface area contributed by atoms with Crippen molar-refractivity contribution in [3.8, 4) is 0 Å². The van der Waals surface area contributed by atoms with Crippen LogP contribution in [0.3, 0.4) is 0 Å². The van der Waals surface area contributed by atoms with Crippen molar-refractivity contribution in [3.05, 3.63) is 24.0 Å². The molecule has 2 heterocycles. The van der Waals surface area contributed by atoms with E-state index < -0.39 is 0 Å². The largest absolute Gasteiger partial charge is 0.326 e. The minimum atomic E-state index is -0.0606. The van der Waals surface area contributed by atoms with E-state index in [4.69, 9.17) is 0 Å². The van der Waals surface area contributed by atoms with Crippen molar-refractivity contribution < 1.29 is 4.79 Å². The molecule has 0 radical (unpaired) electrons. The Hall–Kier alpha value is -1.42. The quantitative estimate of drug-likeness (QED) is 0.832. The van der Waals surface area contributed by atoms with Gasteiger partial charge in [0, 0.05) is 35.5 Å². The molecule has 17 heavy (non-hydrogen) atoms. The van der Waals surface area contributed by atoms with Crippen molar-refractivity contribution in [3.63, 3.8) is 0 Å². The standard InChI is InChI=1S/C13H19N3O/c1-3-13(5-7-14-2)8-12(17)16-11-4-6-15-9-10(11)13/h4,6,9,14H,3,5,7-8H2,1-2H3,(H,16,17). The van der Waals surface area contributed by atoms with Crippen LogP contribution in [0.25, 0.3) is 0 Å². The lowest BCUT2D eigenvalue weighted by atomic mass is 9.71. The second-order valence-corrected chi connectivity index (χ2v) is 4.63. The number of nitrogens with one attached hydrogen (secondary N) is 2. The second kappa shape index (κ2) is 4.84. The summed E-state index contributed by atoms with van der Waals surface area (Å²) in [5, 5.41) is 6.09. The number of pyridine rings is 1. The zero-order valence-corrected chi connectivity index (χ0v) is 10.4. The summed E-state index contributed by atoms with van der Waals surface area (Å²) >= 11 is 0. The molecule has 1 aromatic heterocycles. The maximum absolute atomic E-state index is 11.8. The van der Waals surface area contributed by atoms with Gasteiger partial charge < -0.3 is 10.6 Å². The van der Waals surface area contributed by atoms with Crippen LogP contribution in [0.15, 0.2) is 18.5 Å². The number of nitrogens with zero attached hydrogens (tertiary/aromatic N) is 1. The summed E-state index contributed by atoms with van der Waals surface area (Å²) in [6.07, 6.45) is 6.10. The van der Waals surface area contributed by atoms with E-state index in [0.29, 0.717) is 6.42 Å². The first kappa shape index (κ1) is 12.0. The van der Waals surface area contributed by atoms with E-state index >= 15 is 0 Å². The molecule has 92 valence electrons. The number of carbonyl (C=O) groups excluding carboxylic acids is 1. The monoisotopic (exact) mass is 233 g/mol. The van der Waals surface area contributed by atoms with Crippen LogP contribution in [0, 0.1) is 0 Å². The van der Waals surface area contributed by atoms with Crippen LogP contribution in [0.2, 0.25) is 0 Å². The van der Waals surface area contributed by atoms with Gasteiger partial charge in [0.05, 0.1) is 0 Å². The van der Waals surface area contributed by atoms with Gasteiger partial charge in [-0.2, -0.15) is 0 Å². The van der Waals surface area contributed by atoms with E-state index in [-0.39, 0.29) is 11.3 Å². The van der Waals surface area contributed by atoms with Gasteiger partial charge in [0.15, 0.2) is 0 Å². The Morgan fingerprint density at radius 1 is 1.59 bits per heavy atom. The van der Waals surface area contributed by atoms with Crippen LogP contribution in [0.5, 0.6) is 0 Å². The Labute approximate surface area is 102 Å². The van der Waals surface area contributed by atoms with E-state index in [9.17, 15) is 4.79 Å². The normalized spacial score (nSPS) is 23.1. The van der Waals surface area contributed by atoms with Gasteiger partial charge in [0.25, 0.3) is 0 Å². The third-order valence-corrected chi connectivity index (χ3v) is 3.70. The zero-order valence-electron chi connectivity index (χ0n) is 10.4. The van der Waals surface area contributed by atoms with Crippen molar-refractivity contribution in [2.24, 2.45) is 0 Å². The Balaban J connectivity index is 2.41. The number of carbonyl (C=O) groups is 1. The highest BCUT2D eigenvalue weighted by atomic mass is 16.1. The van der Waals surface area contributed by atoms with E-state index in [2.05, 4.69) is 22.5 Å². The van der Waals surface area contributed by atoms with Crippen LogP contribution >= 0.6 is 0 Å². The maximum Gasteiger partial charge on any atom is 0.225 e. The Morgan fingerprint density at radius 2 is 2.41 bits per heavy atom. The number of aromatic nitrogens is 1. The number of hydrogen-bond donors (Lipinski definition) is 2. The van der Waals surface area contributed by atoms with Crippen molar-refractivity contribution in [1.82, 2.24) is 10.3 Å². The summed E-state index contributed by atoms with van der Waals surface area (Å²) in [7, 11) is 1.94. The first-order chi connectivity index (χ1) is 8.22.